The van der Waals surface area contributed by atoms with E-state index in [4.69, 9.17) is 0 Å². The standard InChI is InChI=1S/C15H18N2/c1-12(14-9-6-7-11-16-14)13-8-4-5-10-15(13)17(2)3/h4-12H,1-3H3. The SMILES string of the molecule is CC(c1ccccn1)c1ccccc1N(C)C. The minimum atomic E-state index is 0.315. The van der Waals surface area contributed by atoms with E-state index < -0.39 is 0 Å². The third-order valence-electron chi connectivity index (χ3n) is 3.02. The van der Waals surface area contributed by atoms with Crippen molar-refractivity contribution in [2.75, 3.05) is 19.0 Å². The molecule has 1 aromatic carbocycles. The van der Waals surface area contributed by atoms with Gasteiger partial charge in [-0.05, 0) is 23.8 Å². The van der Waals surface area contributed by atoms with Gasteiger partial charge in [-0.2, -0.15) is 0 Å². The van der Waals surface area contributed by atoms with Crippen LogP contribution in [0.15, 0.2) is 48.7 Å². The molecule has 0 spiro atoms. The van der Waals surface area contributed by atoms with Crippen molar-refractivity contribution in [3.8, 4) is 0 Å². The predicted octanol–water partition coefficient (Wildman–Crippen LogP) is 3.30. The maximum Gasteiger partial charge on any atom is 0.0476 e. The van der Waals surface area contributed by atoms with Crippen LogP contribution in [0.1, 0.15) is 24.1 Å². The zero-order valence-corrected chi connectivity index (χ0v) is 10.6. The van der Waals surface area contributed by atoms with E-state index in [0.717, 1.165) is 5.69 Å². The Morgan fingerprint density at radius 2 is 1.71 bits per heavy atom. The van der Waals surface area contributed by atoms with Crippen molar-refractivity contribution in [2.45, 2.75) is 12.8 Å². The van der Waals surface area contributed by atoms with Gasteiger partial charge in [0.25, 0.3) is 0 Å². The fourth-order valence-electron chi connectivity index (χ4n) is 2.05. The number of anilines is 1. The average Bonchev–Trinajstić information content (AvgIpc) is 2.39. The van der Waals surface area contributed by atoms with Crippen LogP contribution in [0.3, 0.4) is 0 Å². The van der Waals surface area contributed by atoms with E-state index >= 15 is 0 Å². The highest BCUT2D eigenvalue weighted by molar-refractivity contribution is 5.55. The van der Waals surface area contributed by atoms with Crippen LogP contribution in [0.4, 0.5) is 5.69 Å². The van der Waals surface area contributed by atoms with Crippen LogP contribution in [0, 0.1) is 0 Å². The number of benzene rings is 1. The second kappa shape index (κ2) is 5.00. The van der Waals surface area contributed by atoms with Crippen LogP contribution >= 0.6 is 0 Å². The molecule has 0 amide bonds. The predicted molar refractivity (Wildman–Crippen MR) is 72.5 cm³/mol. The van der Waals surface area contributed by atoms with Crippen LogP contribution in [-0.4, -0.2) is 19.1 Å². The van der Waals surface area contributed by atoms with Gasteiger partial charge in [-0.15, -0.1) is 0 Å². The van der Waals surface area contributed by atoms with Crippen LogP contribution in [0.2, 0.25) is 0 Å². The summed E-state index contributed by atoms with van der Waals surface area (Å²) in [6, 6.07) is 14.6. The highest BCUT2D eigenvalue weighted by atomic mass is 15.1. The van der Waals surface area contributed by atoms with Gasteiger partial charge in [0.05, 0.1) is 0 Å². The minimum absolute atomic E-state index is 0.315. The number of hydrogen-bond donors (Lipinski definition) is 0. The topological polar surface area (TPSA) is 16.1 Å². The lowest BCUT2D eigenvalue weighted by molar-refractivity contribution is 0.864. The third kappa shape index (κ3) is 2.47. The van der Waals surface area contributed by atoms with Crippen LogP contribution in [-0.2, 0) is 0 Å². The molecule has 0 saturated heterocycles. The molecule has 0 aliphatic heterocycles. The first-order valence-corrected chi connectivity index (χ1v) is 5.87. The fraction of sp³-hybridized carbons (Fsp3) is 0.267. The molecule has 0 fully saturated rings. The Balaban J connectivity index is 2.41. The smallest absolute Gasteiger partial charge is 0.0476 e. The van der Waals surface area contributed by atoms with Gasteiger partial charge in [0.15, 0.2) is 0 Å². The molecule has 0 N–H and O–H groups in total. The molecule has 17 heavy (non-hydrogen) atoms. The number of pyridine rings is 1. The Labute approximate surface area is 103 Å². The molecule has 1 unspecified atom stereocenters. The molecule has 2 nitrogen and oxygen atoms in total. The Bertz CT molecular complexity index is 477. The van der Waals surface area contributed by atoms with Crippen LogP contribution < -0.4 is 4.90 Å². The lowest BCUT2D eigenvalue weighted by Gasteiger charge is -2.21. The molecule has 0 aliphatic rings. The zero-order chi connectivity index (χ0) is 12.3. The van der Waals surface area contributed by atoms with Gasteiger partial charge in [0, 0.05) is 37.6 Å². The molecule has 1 heterocycles. The molecule has 0 bridgehead atoms. The van der Waals surface area contributed by atoms with E-state index in [1.807, 2.05) is 18.3 Å². The lowest BCUT2D eigenvalue weighted by Crippen LogP contribution is -2.13. The Hall–Kier alpha value is -1.83. The van der Waals surface area contributed by atoms with Crippen molar-refractivity contribution in [1.29, 1.82) is 0 Å². The number of rotatable bonds is 3. The Kier molecular flexibility index (Phi) is 3.43. The summed E-state index contributed by atoms with van der Waals surface area (Å²) in [4.78, 5) is 6.58. The summed E-state index contributed by atoms with van der Waals surface area (Å²) in [5.74, 6) is 0.315. The van der Waals surface area contributed by atoms with Gasteiger partial charge in [-0.3, -0.25) is 4.98 Å². The molecule has 2 heteroatoms. The summed E-state index contributed by atoms with van der Waals surface area (Å²) in [7, 11) is 4.15. The van der Waals surface area contributed by atoms with E-state index in [1.54, 1.807) is 0 Å². The van der Waals surface area contributed by atoms with E-state index in [1.165, 1.54) is 11.3 Å². The van der Waals surface area contributed by atoms with Gasteiger partial charge in [-0.25, -0.2) is 0 Å². The average molecular weight is 226 g/mol. The maximum absolute atomic E-state index is 4.44. The van der Waals surface area contributed by atoms with Crippen molar-refractivity contribution in [3.63, 3.8) is 0 Å². The number of hydrogen-bond acceptors (Lipinski definition) is 2. The van der Waals surface area contributed by atoms with Gasteiger partial charge >= 0.3 is 0 Å². The van der Waals surface area contributed by atoms with Crippen molar-refractivity contribution in [2.24, 2.45) is 0 Å². The van der Waals surface area contributed by atoms with Crippen molar-refractivity contribution >= 4 is 5.69 Å². The second-order valence-electron chi connectivity index (χ2n) is 4.43. The highest BCUT2D eigenvalue weighted by Gasteiger charge is 2.13. The number of para-hydroxylation sites is 1. The Morgan fingerprint density at radius 1 is 1.00 bits per heavy atom. The first-order valence-electron chi connectivity index (χ1n) is 5.87. The number of aromatic nitrogens is 1. The van der Waals surface area contributed by atoms with Crippen LogP contribution in [0.5, 0.6) is 0 Å². The summed E-state index contributed by atoms with van der Waals surface area (Å²) >= 11 is 0. The molecule has 1 atom stereocenters. The van der Waals surface area contributed by atoms with Crippen molar-refractivity contribution in [1.82, 2.24) is 4.98 Å². The van der Waals surface area contributed by atoms with Gasteiger partial charge in [0.2, 0.25) is 0 Å². The van der Waals surface area contributed by atoms with Gasteiger partial charge in [0.1, 0.15) is 0 Å². The largest absolute Gasteiger partial charge is 0.377 e. The summed E-state index contributed by atoms with van der Waals surface area (Å²) in [5, 5.41) is 0. The fourth-order valence-corrected chi connectivity index (χ4v) is 2.05. The molecular formula is C15H18N2. The van der Waals surface area contributed by atoms with Crippen molar-refractivity contribution in [3.05, 3.63) is 59.9 Å². The van der Waals surface area contributed by atoms with Crippen LogP contribution in [0.25, 0.3) is 0 Å². The summed E-state index contributed by atoms with van der Waals surface area (Å²) in [5.41, 5.74) is 3.68. The monoisotopic (exact) mass is 226 g/mol. The normalized spacial score (nSPS) is 12.2. The zero-order valence-electron chi connectivity index (χ0n) is 10.6. The molecule has 2 rings (SSSR count). The minimum Gasteiger partial charge on any atom is -0.377 e. The van der Waals surface area contributed by atoms with Gasteiger partial charge < -0.3 is 4.90 Å². The lowest BCUT2D eigenvalue weighted by atomic mass is 9.95. The summed E-state index contributed by atoms with van der Waals surface area (Å²) in [6.45, 7) is 2.20. The molecule has 88 valence electrons. The molecule has 0 radical (unpaired) electrons. The highest BCUT2D eigenvalue weighted by Crippen LogP contribution is 2.29. The first kappa shape index (κ1) is 11.6. The summed E-state index contributed by atoms with van der Waals surface area (Å²) in [6.07, 6.45) is 1.85. The first-order chi connectivity index (χ1) is 8.20. The van der Waals surface area contributed by atoms with Crippen molar-refractivity contribution < 1.29 is 0 Å². The third-order valence-corrected chi connectivity index (χ3v) is 3.02. The van der Waals surface area contributed by atoms with E-state index in [-0.39, 0.29) is 0 Å². The van der Waals surface area contributed by atoms with E-state index in [9.17, 15) is 0 Å². The number of nitrogens with zero attached hydrogens (tertiary/aromatic N) is 2. The summed E-state index contributed by atoms with van der Waals surface area (Å²) < 4.78 is 0. The molecular weight excluding hydrogens is 208 g/mol. The Morgan fingerprint density at radius 3 is 2.35 bits per heavy atom. The molecule has 0 saturated carbocycles. The molecule has 2 aromatic rings. The maximum atomic E-state index is 4.44. The van der Waals surface area contributed by atoms with E-state index in [2.05, 4.69) is 61.2 Å². The van der Waals surface area contributed by atoms with Gasteiger partial charge in [-0.1, -0.05) is 31.2 Å². The molecule has 1 aromatic heterocycles. The quantitative estimate of drug-likeness (QED) is 0.798. The second-order valence-corrected chi connectivity index (χ2v) is 4.43. The van der Waals surface area contributed by atoms with E-state index in [0.29, 0.717) is 5.92 Å². The molecule has 0 aliphatic carbocycles.